The molecule has 154 valence electrons. The summed E-state index contributed by atoms with van der Waals surface area (Å²) in [6.07, 6.45) is 0. The lowest BCUT2D eigenvalue weighted by atomic mass is 9.85. The van der Waals surface area contributed by atoms with E-state index >= 15 is 0 Å². The van der Waals surface area contributed by atoms with E-state index in [1.165, 1.54) is 22.0 Å². The number of hydrogen-bond donors (Lipinski definition) is 1. The lowest BCUT2D eigenvalue weighted by molar-refractivity contribution is 0.166. The molecule has 0 aromatic heterocycles. The topological polar surface area (TPSA) is 23.5 Å². The molecular formula is C25H38NOP. The van der Waals surface area contributed by atoms with Crippen LogP contribution in [0.4, 0.5) is 0 Å². The van der Waals surface area contributed by atoms with E-state index in [4.69, 9.17) is 0 Å². The minimum Gasteiger partial charge on any atom is -0.507 e. The Labute approximate surface area is 174 Å². The summed E-state index contributed by atoms with van der Waals surface area (Å²) in [6, 6.07) is 11.9. The number of aromatic hydroxyl groups is 1. The van der Waals surface area contributed by atoms with Crippen molar-refractivity contribution in [2.45, 2.75) is 86.4 Å². The van der Waals surface area contributed by atoms with Crippen molar-refractivity contribution >= 4 is 19.2 Å². The van der Waals surface area contributed by atoms with Crippen LogP contribution < -0.4 is 10.6 Å². The molecule has 0 bridgehead atoms. The van der Waals surface area contributed by atoms with Gasteiger partial charge in [-0.1, -0.05) is 53.6 Å². The average Bonchev–Trinajstić information content (AvgIpc) is 2.56. The van der Waals surface area contributed by atoms with Crippen LogP contribution in [0.1, 0.15) is 70.7 Å². The third kappa shape index (κ3) is 5.37. The summed E-state index contributed by atoms with van der Waals surface area (Å²) >= 11 is 0. The Morgan fingerprint density at radius 1 is 1.00 bits per heavy atom. The molecule has 3 heteroatoms. The predicted octanol–water partition coefficient (Wildman–Crippen LogP) is 5.55. The molecule has 1 unspecified atom stereocenters. The second-order valence-electron chi connectivity index (χ2n) is 9.55. The molecule has 2 nitrogen and oxygen atoms in total. The monoisotopic (exact) mass is 399 g/mol. The molecule has 0 aliphatic heterocycles. The Bertz CT molecular complexity index is 810. The summed E-state index contributed by atoms with van der Waals surface area (Å²) in [5.41, 5.74) is 4.86. The maximum atomic E-state index is 11.0. The molecular weight excluding hydrogens is 361 g/mol. The van der Waals surface area contributed by atoms with Gasteiger partial charge in [0, 0.05) is 29.5 Å². The number of hydrogen-bond acceptors (Lipinski definition) is 2. The highest BCUT2D eigenvalue weighted by Crippen LogP contribution is 2.34. The van der Waals surface area contributed by atoms with Crippen LogP contribution in [-0.2, 0) is 12.0 Å². The van der Waals surface area contributed by atoms with Crippen molar-refractivity contribution < 1.29 is 5.11 Å². The van der Waals surface area contributed by atoms with Crippen molar-refractivity contribution in [3.8, 4) is 5.75 Å². The summed E-state index contributed by atoms with van der Waals surface area (Å²) in [7, 11) is 0.455. The van der Waals surface area contributed by atoms with E-state index in [1.807, 2.05) is 0 Å². The highest BCUT2D eigenvalue weighted by molar-refractivity contribution is 7.56. The molecule has 0 radical (unpaired) electrons. The molecule has 1 N–H and O–H groups in total. The molecule has 2 aromatic rings. The van der Waals surface area contributed by atoms with E-state index in [0.717, 1.165) is 17.4 Å². The predicted molar refractivity (Wildman–Crippen MR) is 126 cm³/mol. The van der Waals surface area contributed by atoms with Gasteiger partial charge in [-0.25, -0.2) is 0 Å². The molecule has 0 heterocycles. The molecule has 0 aliphatic rings. The lowest BCUT2D eigenvalue weighted by Crippen LogP contribution is -2.37. The van der Waals surface area contributed by atoms with Gasteiger partial charge < -0.3 is 5.11 Å². The van der Waals surface area contributed by atoms with Gasteiger partial charge in [-0.3, -0.25) is 4.90 Å². The van der Waals surface area contributed by atoms with Crippen molar-refractivity contribution in [3.05, 3.63) is 52.6 Å². The Morgan fingerprint density at radius 2 is 1.61 bits per heavy atom. The average molecular weight is 400 g/mol. The largest absolute Gasteiger partial charge is 0.507 e. The number of nitrogens with zero attached hydrogens (tertiary/aromatic N) is 1. The maximum Gasteiger partial charge on any atom is 0.127 e. The maximum absolute atomic E-state index is 11.0. The van der Waals surface area contributed by atoms with Gasteiger partial charge in [0.25, 0.3) is 0 Å². The van der Waals surface area contributed by atoms with Gasteiger partial charge in [-0.15, -0.1) is 0 Å². The zero-order valence-corrected chi connectivity index (χ0v) is 20.1. The quantitative estimate of drug-likeness (QED) is 0.643. The molecule has 2 rings (SSSR count). The molecule has 0 fully saturated rings. The first-order valence-corrected chi connectivity index (χ1v) is 11.4. The zero-order valence-electron chi connectivity index (χ0n) is 19.1. The molecule has 0 aliphatic carbocycles. The number of phenolic OH excluding ortho intramolecular Hbond substituents is 1. The molecule has 0 spiro atoms. The molecule has 0 saturated heterocycles. The van der Waals surface area contributed by atoms with Gasteiger partial charge in [-0.2, -0.15) is 0 Å². The summed E-state index contributed by atoms with van der Waals surface area (Å²) in [5, 5.41) is 13.5. The lowest BCUT2D eigenvalue weighted by Gasteiger charge is -2.31. The Kier molecular flexibility index (Phi) is 7.34. The van der Waals surface area contributed by atoms with Gasteiger partial charge in [-0.05, 0) is 75.0 Å². The number of phenols is 1. The Morgan fingerprint density at radius 3 is 2.14 bits per heavy atom. The molecule has 0 amide bonds. The van der Waals surface area contributed by atoms with Crippen molar-refractivity contribution in [1.82, 2.24) is 4.90 Å². The van der Waals surface area contributed by atoms with E-state index in [1.54, 1.807) is 0 Å². The fourth-order valence-corrected chi connectivity index (χ4v) is 5.20. The van der Waals surface area contributed by atoms with Gasteiger partial charge in [0.1, 0.15) is 5.75 Å². The van der Waals surface area contributed by atoms with Crippen LogP contribution in [0, 0.1) is 13.8 Å². The standard InChI is InChI=1S/C25H38NOP/c1-16(2)26(17(3)4)15-20-12-10-11-19(6)24(20)28-22-14-18(5)13-21(23(22)27)25(7,8)9/h10-14,16-17,27-28H,15H2,1-9H3. The molecule has 0 saturated carbocycles. The van der Waals surface area contributed by atoms with Crippen molar-refractivity contribution in [3.63, 3.8) is 0 Å². The van der Waals surface area contributed by atoms with Crippen LogP contribution >= 0.6 is 8.58 Å². The number of rotatable bonds is 6. The minimum absolute atomic E-state index is 0.0734. The number of benzene rings is 2. The van der Waals surface area contributed by atoms with E-state index in [0.29, 0.717) is 26.4 Å². The van der Waals surface area contributed by atoms with E-state index < -0.39 is 0 Å². The van der Waals surface area contributed by atoms with Crippen LogP contribution in [0.3, 0.4) is 0 Å². The first-order valence-electron chi connectivity index (χ1n) is 10.4. The highest BCUT2D eigenvalue weighted by Gasteiger charge is 2.22. The van der Waals surface area contributed by atoms with Gasteiger partial charge in [0.05, 0.1) is 0 Å². The van der Waals surface area contributed by atoms with Crippen molar-refractivity contribution in [1.29, 1.82) is 0 Å². The summed E-state index contributed by atoms with van der Waals surface area (Å²) in [5.74, 6) is 0.468. The fraction of sp³-hybridized carbons (Fsp3) is 0.520. The van der Waals surface area contributed by atoms with Gasteiger partial charge >= 0.3 is 0 Å². The van der Waals surface area contributed by atoms with Crippen LogP contribution in [0.15, 0.2) is 30.3 Å². The third-order valence-corrected chi connectivity index (χ3v) is 6.98. The van der Waals surface area contributed by atoms with Crippen molar-refractivity contribution in [2.24, 2.45) is 0 Å². The number of aryl methyl sites for hydroxylation is 2. The van der Waals surface area contributed by atoms with Crippen LogP contribution in [0.25, 0.3) is 0 Å². The third-order valence-electron chi connectivity index (χ3n) is 5.36. The summed E-state index contributed by atoms with van der Waals surface area (Å²) in [6.45, 7) is 20.8. The van der Waals surface area contributed by atoms with Gasteiger partial charge in [0.2, 0.25) is 0 Å². The normalized spacial score (nSPS) is 12.9. The fourth-order valence-electron chi connectivity index (χ4n) is 3.78. The van der Waals surface area contributed by atoms with E-state index in [2.05, 4.69) is 97.5 Å². The second-order valence-corrected chi connectivity index (χ2v) is 10.8. The van der Waals surface area contributed by atoms with E-state index in [-0.39, 0.29) is 5.41 Å². The second kappa shape index (κ2) is 8.97. The highest BCUT2D eigenvalue weighted by atomic mass is 31.1. The van der Waals surface area contributed by atoms with E-state index in [9.17, 15) is 5.11 Å². The molecule has 28 heavy (non-hydrogen) atoms. The van der Waals surface area contributed by atoms with Crippen LogP contribution in [0.5, 0.6) is 5.75 Å². The van der Waals surface area contributed by atoms with Crippen molar-refractivity contribution in [2.75, 3.05) is 0 Å². The zero-order chi connectivity index (χ0) is 21.2. The smallest absolute Gasteiger partial charge is 0.127 e. The first kappa shape index (κ1) is 22.9. The Hall–Kier alpha value is -1.37. The molecule has 2 aromatic carbocycles. The van der Waals surface area contributed by atoms with Crippen LogP contribution in [0.2, 0.25) is 0 Å². The Balaban J connectivity index is 2.49. The molecule has 1 atom stereocenters. The SMILES string of the molecule is Cc1cc(Pc2c(C)cccc2CN(C(C)C)C(C)C)c(O)c(C(C)(C)C)c1. The minimum atomic E-state index is -0.0734. The summed E-state index contributed by atoms with van der Waals surface area (Å²) in [4.78, 5) is 2.53. The first-order chi connectivity index (χ1) is 12.9. The van der Waals surface area contributed by atoms with Gasteiger partial charge in [0.15, 0.2) is 0 Å². The summed E-state index contributed by atoms with van der Waals surface area (Å²) < 4.78 is 0. The van der Waals surface area contributed by atoms with Crippen LogP contribution in [-0.4, -0.2) is 22.1 Å².